The van der Waals surface area contributed by atoms with Gasteiger partial charge < -0.3 is 10.4 Å². The molecule has 3 nitrogen and oxygen atoms in total. The van der Waals surface area contributed by atoms with E-state index in [4.69, 9.17) is 0 Å². The molecule has 1 aromatic carbocycles. The number of phenolic OH excluding ortho intramolecular Hbond substituents is 1. The molecule has 0 saturated carbocycles. The van der Waals surface area contributed by atoms with Crippen LogP contribution in [0.25, 0.3) is 0 Å². The Hall–Kier alpha value is -0.480. The van der Waals surface area contributed by atoms with E-state index in [2.05, 4.69) is 36.2 Å². The van der Waals surface area contributed by atoms with Crippen molar-refractivity contribution in [1.29, 1.82) is 0 Å². The minimum absolute atomic E-state index is 0. The molecule has 1 aliphatic heterocycles. The average Bonchev–Trinajstić information content (AvgIpc) is 2.46. The van der Waals surface area contributed by atoms with E-state index in [9.17, 15) is 5.11 Å². The predicted molar refractivity (Wildman–Crippen MR) is 94.1 cm³/mol. The molecule has 0 spiro atoms. The van der Waals surface area contributed by atoms with Crippen LogP contribution in [0, 0.1) is 0 Å². The van der Waals surface area contributed by atoms with Crippen LogP contribution in [-0.4, -0.2) is 36.2 Å². The zero-order chi connectivity index (χ0) is 13.7. The molecule has 0 bridgehead atoms. The number of phenols is 1. The minimum atomic E-state index is 0. The summed E-state index contributed by atoms with van der Waals surface area (Å²) in [6.07, 6.45) is 3.14. The fourth-order valence-corrected chi connectivity index (χ4v) is 2.97. The predicted octanol–water partition coefficient (Wildman–Crippen LogP) is 3.54. The van der Waals surface area contributed by atoms with E-state index in [0.717, 1.165) is 56.6 Å². The van der Waals surface area contributed by atoms with Crippen LogP contribution < -0.4 is 5.32 Å². The van der Waals surface area contributed by atoms with Crippen molar-refractivity contribution in [3.05, 3.63) is 29.3 Å². The number of nitrogens with zero attached hydrogens (tertiary/aromatic N) is 1. The molecule has 1 saturated heterocycles. The molecule has 1 atom stereocenters. The van der Waals surface area contributed by atoms with Gasteiger partial charge in [-0.05, 0) is 18.4 Å². The maximum atomic E-state index is 10.5. The van der Waals surface area contributed by atoms with Crippen molar-refractivity contribution in [3.63, 3.8) is 0 Å². The molecule has 122 valence electrons. The van der Waals surface area contributed by atoms with E-state index in [0.29, 0.717) is 11.8 Å². The lowest BCUT2D eigenvalue weighted by Crippen LogP contribution is -2.45. The molecule has 0 amide bonds. The van der Waals surface area contributed by atoms with Gasteiger partial charge in [0.15, 0.2) is 0 Å². The van der Waals surface area contributed by atoms with Crippen LogP contribution in [0.2, 0.25) is 0 Å². The van der Waals surface area contributed by atoms with E-state index in [1.807, 2.05) is 6.07 Å². The topological polar surface area (TPSA) is 35.5 Å². The van der Waals surface area contributed by atoms with Gasteiger partial charge in [0.2, 0.25) is 0 Å². The Kier molecular flexibility index (Phi) is 10.0. The molecule has 1 heterocycles. The molecule has 0 radical (unpaired) electrons. The first-order chi connectivity index (χ1) is 9.27. The molecule has 21 heavy (non-hydrogen) atoms. The fourth-order valence-electron chi connectivity index (χ4n) is 2.97. The number of para-hydroxylation sites is 1. The second-order valence-electron chi connectivity index (χ2n) is 5.30. The van der Waals surface area contributed by atoms with Crippen molar-refractivity contribution in [1.82, 2.24) is 10.2 Å². The van der Waals surface area contributed by atoms with Gasteiger partial charge in [0.05, 0.1) is 0 Å². The van der Waals surface area contributed by atoms with Crippen molar-refractivity contribution in [2.45, 2.75) is 39.2 Å². The summed E-state index contributed by atoms with van der Waals surface area (Å²) in [6.45, 7) is 8.55. The first-order valence-electron chi connectivity index (χ1n) is 7.53. The van der Waals surface area contributed by atoms with Gasteiger partial charge in [0.25, 0.3) is 0 Å². The number of piperazine rings is 1. The minimum Gasteiger partial charge on any atom is -0.507 e. The number of halogens is 2. The summed E-state index contributed by atoms with van der Waals surface area (Å²) >= 11 is 0. The van der Waals surface area contributed by atoms with Gasteiger partial charge in [-0.15, -0.1) is 24.8 Å². The van der Waals surface area contributed by atoms with Crippen LogP contribution in [0.4, 0.5) is 0 Å². The third kappa shape index (κ3) is 5.03. The van der Waals surface area contributed by atoms with Crippen LogP contribution in [0.3, 0.4) is 0 Å². The summed E-state index contributed by atoms with van der Waals surface area (Å²) in [7, 11) is 0. The summed E-state index contributed by atoms with van der Waals surface area (Å²) in [5, 5.41) is 13.9. The molecule has 5 heteroatoms. The molecule has 2 N–H and O–H groups in total. The lowest BCUT2D eigenvalue weighted by atomic mass is 9.96. The van der Waals surface area contributed by atoms with Gasteiger partial charge in [0.1, 0.15) is 5.75 Å². The lowest BCUT2D eigenvalue weighted by Gasteiger charge is -2.35. The van der Waals surface area contributed by atoms with Gasteiger partial charge in [-0.2, -0.15) is 0 Å². The SMILES string of the molecule is CCC[C@H](c1cccc(CC)c1O)N1CCNCC1.Cl.Cl. The van der Waals surface area contributed by atoms with E-state index in [1.54, 1.807) is 0 Å². The van der Waals surface area contributed by atoms with Crippen molar-refractivity contribution in [2.75, 3.05) is 26.2 Å². The van der Waals surface area contributed by atoms with Crippen LogP contribution >= 0.6 is 24.8 Å². The van der Waals surface area contributed by atoms with Gasteiger partial charge in [-0.25, -0.2) is 0 Å². The largest absolute Gasteiger partial charge is 0.507 e. The van der Waals surface area contributed by atoms with E-state index >= 15 is 0 Å². The average molecular weight is 335 g/mol. The third-order valence-electron chi connectivity index (χ3n) is 4.05. The van der Waals surface area contributed by atoms with Crippen molar-refractivity contribution in [3.8, 4) is 5.75 Å². The number of hydrogen-bond acceptors (Lipinski definition) is 3. The fraction of sp³-hybridized carbons (Fsp3) is 0.625. The van der Waals surface area contributed by atoms with E-state index in [-0.39, 0.29) is 24.8 Å². The summed E-state index contributed by atoms with van der Waals surface area (Å²) in [4.78, 5) is 2.51. The number of rotatable bonds is 5. The molecule has 0 unspecified atom stereocenters. The summed E-state index contributed by atoms with van der Waals surface area (Å²) in [5.41, 5.74) is 2.18. The maximum Gasteiger partial charge on any atom is 0.123 e. The highest BCUT2D eigenvalue weighted by Gasteiger charge is 2.24. The van der Waals surface area contributed by atoms with Crippen LogP contribution in [0.1, 0.15) is 43.9 Å². The van der Waals surface area contributed by atoms with Crippen LogP contribution in [-0.2, 0) is 6.42 Å². The first-order valence-corrected chi connectivity index (χ1v) is 7.53. The number of nitrogens with one attached hydrogen (secondary N) is 1. The number of aryl methyl sites for hydroxylation is 1. The molecular formula is C16H28Cl2N2O. The molecule has 1 aliphatic rings. The van der Waals surface area contributed by atoms with Gasteiger partial charge in [-0.3, -0.25) is 4.90 Å². The van der Waals surface area contributed by atoms with Gasteiger partial charge >= 0.3 is 0 Å². The number of benzene rings is 1. The lowest BCUT2D eigenvalue weighted by molar-refractivity contribution is 0.162. The molecular weight excluding hydrogens is 307 g/mol. The Morgan fingerprint density at radius 3 is 2.43 bits per heavy atom. The Morgan fingerprint density at radius 2 is 1.86 bits per heavy atom. The Balaban J connectivity index is 0.00000200. The Labute approximate surface area is 140 Å². The molecule has 1 fully saturated rings. The smallest absolute Gasteiger partial charge is 0.123 e. The van der Waals surface area contributed by atoms with E-state index < -0.39 is 0 Å². The summed E-state index contributed by atoms with van der Waals surface area (Å²) in [5.74, 6) is 0.516. The number of aromatic hydroxyl groups is 1. The zero-order valence-electron chi connectivity index (χ0n) is 13.0. The van der Waals surface area contributed by atoms with Crippen LogP contribution in [0.5, 0.6) is 5.75 Å². The van der Waals surface area contributed by atoms with Crippen LogP contribution in [0.15, 0.2) is 18.2 Å². The molecule has 0 aliphatic carbocycles. The molecule has 1 aromatic rings. The van der Waals surface area contributed by atoms with Gasteiger partial charge in [-0.1, -0.05) is 38.5 Å². The van der Waals surface area contributed by atoms with Crippen molar-refractivity contribution >= 4 is 24.8 Å². The quantitative estimate of drug-likeness (QED) is 0.864. The second kappa shape index (κ2) is 10.3. The molecule has 2 rings (SSSR count). The molecule has 0 aromatic heterocycles. The monoisotopic (exact) mass is 334 g/mol. The Morgan fingerprint density at radius 1 is 1.19 bits per heavy atom. The highest BCUT2D eigenvalue weighted by atomic mass is 35.5. The zero-order valence-corrected chi connectivity index (χ0v) is 14.6. The summed E-state index contributed by atoms with van der Waals surface area (Å²) in [6, 6.07) is 6.56. The standard InChI is InChI=1S/C16H26N2O.2ClH/c1-3-6-15(18-11-9-17-10-12-18)14-8-5-7-13(4-2)16(14)19;;/h5,7-8,15,17,19H,3-4,6,9-12H2,1-2H3;2*1H/t15-;;/m1../s1. The highest BCUT2D eigenvalue weighted by Crippen LogP contribution is 2.34. The normalized spacial score (nSPS) is 16.7. The van der Waals surface area contributed by atoms with Crippen molar-refractivity contribution < 1.29 is 5.11 Å². The first kappa shape index (κ1) is 20.5. The van der Waals surface area contributed by atoms with E-state index in [1.165, 1.54) is 0 Å². The van der Waals surface area contributed by atoms with Gasteiger partial charge in [0, 0.05) is 37.8 Å². The number of hydrogen-bond donors (Lipinski definition) is 2. The maximum absolute atomic E-state index is 10.5. The third-order valence-corrected chi connectivity index (χ3v) is 4.05. The Bertz CT molecular complexity index is 409. The highest BCUT2D eigenvalue weighted by molar-refractivity contribution is 5.85. The second-order valence-corrected chi connectivity index (χ2v) is 5.30. The summed E-state index contributed by atoms with van der Waals surface area (Å²) < 4.78 is 0. The van der Waals surface area contributed by atoms with Crippen molar-refractivity contribution in [2.24, 2.45) is 0 Å².